The molecule has 1 fully saturated rings. The molecule has 2 nitrogen and oxygen atoms in total. The van der Waals surface area contributed by atoms with E-state index < -0.39 is 0 Å². The molecule has 1 saturated carbocycles. The lowest BCUT2D eigenvalue weighted by molar-refractivity contribution is 0.535. The SMILES string of the molecule is O=[C]NCCCCC1CC1. The van der Waals surface area contributed by atoms with Crippen molar-refractivity contribution in [1.82, 2.24) is 5.32 Å². The van der Waals surface area contributed by atoms with Gasteiger partial charge in [0.15, 0.2) is 0 Å². The van der Waals surface area contributed by atoms with Crippen LogP contribution in [0.4, 0.5) is 0 Å². The number of hydrogen-bond donors (Lipinski definition) is 1. The largest absolute Gasteiger partial charge is 0.348 e. The van der Waals surface area contributed by atoms with Gasteiger partial charge in [-0.2, -0.15) is 0 Å². The maximum absolute atomic E-state index is 9.68. The van der Waals surface area contributed by atoms with Gasteiger partial charge in [0.05, 0.1) is 0 Å². The van der Waals surface area contributed by atoms with Gasteiger partial charge in [-0.05, 0) is 12.3 Å². The standard InChI is InChI=1S/C8H14NO/c10-7-9-6-2-1-3-8-4-5-8/h8H,1-6H2,(H,9,10). The van der Waals surface area contributed by atoms with Gasteiger partial charge in [0.2, 0.25) is 0 Å². The Kier molecular flexibility index (Phi) is 3.27. The first-order valence-electron chi connectivity index (χ1n) is 4.03. The first-order valence-corrected chi connectivity index (χ1v) is 4.03. The Bertz CT molecular complexity index is 99.4. The normalized spacial score (nSPS) is 16.8. The summed E-state index contributed by atoms with van der Waals surface area (Å²) in [7, 11) is 0. The molecular formula is C8H14NO. The van der Waals surface area contributed by atoms with Crippen molar-refractivity contribution in [3.63, 3.8) is 0 Å². The summed E-state index contributed by atoms with van der Waals surface area (Å²) in [6.07, 6.45) is 8.29. The highest BCUT2D eigenvalue weighted by molar-refractivity contribution is 5.46. The highest BCUT2D eigenvalue weighted by Gasteiger charge is 2.19. The second-order valence-electron chi connectivity index (χ2n) is 2.97. The molecule has 0 saturated heterocycles. The zero-order valence-electron chi connectivity index (χ0n) is 6.23. The van der Waals surface area contributed by atoms with E-state index in [-0.39, 0.29) is 0 Å². The third-order valence-corrected chi connectivity index (χ3v) is 1.93. The third-order valence-electron chi connectivity index (χ3n) is 1.93. The van der Waals surface area contributed by atoms with E-state index in [1.165, 1.54) is 25.7 Å². The van der Waals surface area contributed by atoms with E-state index in [0.717, 1.165) is 18.9 Å². The topological polar surface area (TPSA) is 29.1 Å². The molecule has 0 bridgehead atoms. The minimum Gasteiger partial charge on any atom is -0.348 e. The minimum absolute atomic E-state index is 0.802. The van der Waals surface area contributed by atoms with E-state index in [1.807, 2.05) is 0 Å². The zero-order chi connectivity index (χ0) is 7.23. The predicted octanol–water partition coefficient (Wildman–Crippen LogP) is 1.22. The summed E-state index contributed by atoms with van der Waals surface area (Å²) in [5.74, 6) is 1.03. The molecule has 0 spiro atoms. The summed E-state index contributed by atoms with van der Waals surface area (Å²) in [4.78, 5) is 9.68. The smallest absolute Gasteiger partial charge is 0.309 e. The summed E-state index contributed by atoms with van der Waals surface area (Å²) in [6.45, 7) is 0.802. The monoisotopic (exact) mass is 140 g/mol. The van der Waals surface area contributed by atoms with E-state index in [4.69, 9.17) is 0 Å². The van der Waals surface area contributed by atoms with Gasteiger partial charge in [0.1, 0.15) is 0 Å². The van der Waals surface area contributed by atoms with Gasteiger partial charge in [-0.1, -0.05) is 25.7 Å². The van der Waals surface area contributed by atoms with E-state index in [9.17, 15) is 4.79 Å². The van der Waals surface area contributed by atoms with Gasteiger partial charge in [-0.25, -0.2) is 0 Å². The van der Waals surface area contributed by atoms with Crippen molar-refractivity contribution < 1.29 is 4.79 Å². The Balaban J connectivity index is 1.72. The van der Waals surface area contributed by atoms with Crippen molar-refractivity contribution >= 4 is 6.41 Å². The van der Waals surface area contributed by atoms with Crippen LogP contribution in [0.25, 0.3) is 0 Å². The predicted molar refractivity (Wildman–Crippen MR) is 40.3 cm³/mol. The van der Waals surface area contributed by atoms with Crippen molar-refractivity contribution in [3.8, 4) is 0 Å². The fourth-order valence-corrected chi connectivity index (χ4v) is 1.10. The summed E-state index contributed by atoms with van der Waals surface area (Å²) >= 11 is 0. The molecule has 0 unspecified atom stereocenters. The molecule has 1 radical (unpaired) electrons. The average molecular weight is 140 g/mol. The molecule has 1 aliphatic carbocycles. The molecule has 1 aliphatic rings. The third kappa shape index (κ3) is 3.49. The maximum Gasteiger partial charge on any atom is 0.309 e. The average Bonchev–Trinajstić information content (AvgIpc) is 2.71. The number of nitrogens with one attached hydrogen (secondary N) is 1. The number of carbonyl (C=O) groups excluding carboxylic acids is 1. The maximum atomic E-state index is 9.68. The molecule has 2 heteroatoms. The van der Waals surface area contributed by atoms with Crippen molar-refractivity contribution in [2.24, 2.45) is 5.92 Å². The molecule has 1 amide bonds. The van der Waals surface area contributed by atoms with Crippen LogP contribution in [0.1, 0.15) is 32.1 Å². The van der Waals surface area contributed by atoms with Gasteiger partial charge in [0, 0.05) is 6.54 Å². The Morgan fingerprint density at radius 2 is 2.20 bits per heavy atom. The van der Waals surface area contributed by atoms with Gasteiger partial charge in [-0.3, -0.25) is 4.79 Å². The molecule has 1 N–H and O–H groups in total. The second-order valence-corrected chi connectivity index (χ2v) is 2.97. The number of rotatable bonds is 6. The van der Waals surface area contributed by atoms with Crippen LogP contribution >= 0.6 is 0 Å². The fraction of sp³-hybridized carbons (Fsp3) is 0.875. The Morgan fingerprint density at radius 3 is 2.80 bits per heavy atom. The highest BCUT2D eigenvalue weighted by atomic mass is 16.1. The lowest BCUT2D eigenvalue weighted by atomic mass is 10.2. The summed E-state index contributed by atoms with van der Waals surface area (Å²) < 4.78 is 0. The van der Waals surface area contributed by atoms with E-state index in [0.29, 0.717) is 0 Å². The van der Waals surface area contributed by atoms with Crippen molar-refractivity contribution in [3.05, 3.63) is 0 Å². The summed E-state index contributed by atoms with van der Waals surface area (Å²) in [5.41, 5.74) is 0. The van der Waals surface area contributed by atoms with Gasteiger partial charge < -0.3 is 5.32 Å². The van der Waals surface area contributed by atoms with Crippen LogP contribution in [0.2, 0.25) is 0 Å². The van der Waals surface area contributed by atoms with Crippen molar-refractivity contribution in [2.45, 2.75) is 32.1 Å². The molecule has 1 rings (SSSR count). The van der Waals surface area contributed by atoms with E-state index in [2.05, 4.69) is 5.32 Å². The Hall–Kier alpha value is -0.530. The van der Waals surface area contributed by atoms with Crippen LogP contribution in [-0.2, 0) is 4.79 Å². The summed E-state index contributed by atoms with van der Waals surface area (Å²) in [6, 6.07) is 0. The number of amides is 1. The van der Waals surface area contributed by atoms with Crippen LogP contribution in [0.5, 0.6) is 0 Å². The lowest BCUT2D eigenvalue weighted by Crippen LogP contribution is -2.11. The molecule has 0 aromatic carbocycles. The quantitative estimate of drug-likeness (QED) is 0.436. The van der Waals surface area contributed by atoms with Gasteiger partial charge >= 0.3 is 6.41 Å². The van der Waals surface area contributed by atoms with Crippen LogP contribution < -0.4 is 5.32 Å². The van der Waals surface area contributed by atoms with Crippen LogP contribution in [0, 0.1) is 5.92 Å². The van der Waals surface area contributed by atoms with Crippen LogP contribution in [0.3, 0.4) is 0 Å². The fourth-order valence-electron chi connectivity index (χ4n) is 1.10. The molecule has 0 aromatic heterocycles. The minimum atomic E-state index is 0.802. The molecule has 0 atom stereocenters. The Morgan fingerprint density at radius 1 is 1.40 bits per heavy atom. The van der Waals surface area contributed by atoms with Crippen molar-refractivity contribution in [2.75, 3.05) is 6.54 Å². The molecular weight excluding hydrogens is 126 g/mol. The van der Waals surface area contributed by atoms with Gasteiger partial charge in [-0.15, -0.1) is 0 Å². The first-order chi connectivity index (χ1) is 4.93. The number of hydrogen-bond acceptors (Lipinski definition) is 1. The molecule has 0 aromatic rings. The summed E-state index contributed by atoms with van der Waals surface area (Å²) in [5, 5.41) is 2.54. The van der Waals surface area contributed by atoms with E-state index >= 15 is 0 Å². The zero-order valence-corrected chi connectivity index (χ0v) is 6.23. The molecule has 57 valence electrons. The number of unbranched alkanes of at least 4 members (excludes halogenated alkanes) is 1. The molecule has 0 heterocycles. The lowest BCUT2D eigenvalue weighted by Gasteiger charge is -1.96. The van der Waals surface area contributed by atoms with Crippen LogP contribution in [0.15, 0.2) is 0 Å². The van der Waals surface area contributed by atoms with Gasteiger partial charge in [0.25, 0.3) is 0 Å². The molecule has 0 aliphatic heterocycles. The highest BCUT2D eigenvalue weighted by Crippen LogP contribution is 2.33. The second kappa shape index (κ2) is 4.31. The van der Waals surface area contributed by atoms with E-state index in [1.54, 1.807) is 6.41 Å². The first kappa shape index (κ1) is 7.58. The van der Waals surface area contributed by atoms with Crippen molar-refractivity contribution in [1.29, 1.82) is 0 Å². The van der Waals surface area contributed by atoms with Crippen LogP contribution in [-0.4, -0.2) is 13.0 Å². The molecule has 10 heavy (non-hydrogen) atoms. The Labute approximate surface area is 62.0 Å².